The fraction of sp³-hybridized carbons (Fsp3) is 0.455. The van der Waals surface area contributed by atoms with Crippen LogP contribution < -0.4 is 0 Å². The van der Waals surface area contributed by atoms with Crippen LogP contribution in [0.5, 0.6) is 0 Å². The third-order valence-corrected chi connectivity index (χ3v) is 3.81. The molecule has 1 rings (SSSR count). The maximum absolute atomic E-state index is 10.8. The molecule has 0 radical (unpaired) electrons. The average Bonchev–Trinajstić information content (AvgIpc) is 2.16. The molecular weight excluding hydrogens is 228 g/mol. The third-order valence-electron chi connectivity index (χ3n) is 2.94. The van der Waals surface area contributed by atoms with Gasteiger partial charge in [-0.3, -0.25) is 4.55 Å². The van der Waals surface area contributed by atoms with Gasteiger partial charge in [-0.1, -0.05) is 26.0 Å². The Balaban J connectivity index is 3.14. The molecule has 1 atom stereocenters. The molecule has 0 aliphatic rings. The van der Waals surface area contributed by atoms with Crippen molar-refractivity contribution in [1.29, 1.82) is 0 Å². The fourth-order valence-corrected chi connectivity index (χ4v) is 1.78. The number of rotatable bonds is 3. The standard InChI is InChI=1S/C11H16O4S/c1-8(12)11(2,3)9-4-6-10(7-5-9)16(13,14)15/h4-8,12H,1-3H3,(H,13,14,15). The molecule has 4 nitrogen and oxygen atoms in total. The van der Waals surface area contributed by atoms with Crippen molar-refractivity contribution in [2.24, 2.45) is 0 Å². The van der Waals surface area contributed by atoms with Crippen LogP contribution >= 0.6 is 0 Å². The average molecular weight is 244 g/mol. The van der Waals surface area contributed by atoms with Gasteiger partial charge in [-0.25, -0.2) is 0 Å². The number of benzene rings is 1. The summed E-state index contributed by atoms with van der Waals surface area (Å²) in [7, 11) is -4.15. The molecule has 2 N–H and O–H groups in total. The minimum atomic E-state index is -4.15. The van der Waals surface area contributed by atoms with Crippen LogP contribution in [0.4, 0.5) is 0 Å². The third kappa shape index (κ3) is 2.61. The quantitative estimate of drug-likeness (QED) is 0.792. The second kappa shape index (κ2) is 4.16. The van der Waals surface area contributed by atoms with Gasteiger partial charge < -0.3 is 5.11 Å². The first kappa shape index (κ1) is 13.2. The minimum Gasteiger partial charge on any atom is -0.393 e. The monoisotopic (exact) mass is 244 g/mol. The molecular formula is C11H16O4S. The van der Waals surface area contributed by atoms with Crippen molar-refractivity contribution in [3.8, 4) is 0 Å². The SMILES string of the molecule is CC(O)C(C)(C)c1ccc(S(=O)(=O)O)cc1. The van der Waals surface area contributed by atoms with E-state index < -0.39 is 21.6 Å². The Labute approximate surface area is 95.7 Å². The molecule has 0 fully saturated rings. The van der Waals surface area contributed by atoms with Crippen LogP contribution in [0.1, 0.15) is 26.3 Å². The summed E-state index contributed by atoms with van der Waals surface area (Å²) in [6.45, 7) is 5.40. The molecule has 1 unspecified atom stereocenters. The summed E-state index contributed by atoms with van der Waals surface area (Å²) < 4.78 is 30.5. The van der Waals surface area contributed by atoms with Crippen molar-refractivity contribution in [2.45, 2.75) is 37.2 Å². The van der Waals surface area contributed by atoms with Crippen LogP contribution in [0.2, 0.25) is 0 Å². The van der Waals surface area contributed by atoms with Crippen molar-refractivity contribution in [3.05, 3.63) is 29.8 Å². The molecule has 0 saturated carbocycles. The Morgan fingerprint density at radius 1 is 1.19 bits per heavy atom. The lowest BCUT2D eigenvalue weighted by Gasteiger charge is -2.28. The molecule has 0 amide bonds. The van der Waals surface area contributed by atoms with Crippen LogP contribution in [0.15, 0.2) is 29.2 Å². The highest BCUT2D eigenvalue weighted by Crippen LogP contribution is 2.27. The van der Waals surface area contributed by atoms with Gasteiger partial charge in [0, 0.05) is 5.41 Å². The Bertz CT molecular complexity index is 457. The van der Waals surface area contributed by atoms with Crippen molar-refractivity contribution >= 4 is 10.1 Å². The second-order valence-electron chi connectivity index (χ2n) is 4.40. The molecule has 0 aliphatic carbocycles. The Kier molecular flexibility index (Phi) is 3.42. The van der Waals surface area contributed by atoms with Crippen LogP contribution in [-0.4, -0.2) is 24.2 Å². The number of aliphatic hydroxyl groups excluding tert-OH is 1. The highest BCUT2D eigenvalue weighted by molar-refractivity contribution is 7.85. The van der Waals surface area contributed by atoms with Gasteiger partial charge in [0.2, 0.25) is 0 Å². The fourth-order valence-electron chi connectivity index (χ4n) is 1.30. The van der Waals surface area contributed by atoms with Crippen molar-refractivity contribution in [3.63, 3.8) is 0 Å². The zero-order valence-electron chi connectivity index (χ0n) is 9.51. The Hall–Kier alpha value is -0.910. The summed E-state index contributed by atoms with van der Waals surface area (Å²) in [4.78, 5) is -0.141. The van der Waals surface area contributed by atoms with Gasteiger partial charge in [0.25, 0.3) is 10.1 Å². The highest BCUT2D eigenvalue weighted by atomic mass is 32.2. The van der Waals surface area contributed by atoms with Gasteiger partial charge >= 0.3 is 0 Å². The van der Waals surface area contributed by atoms with Crippen molar-refractivity contribution < 1.29 is 18.1 Å². The first-order chi connectivity index (χ1) is 7.15. The first-order valence-corrected chi connectivity index (χ1v) is 6.36. The highest BCUT2D eigenvalue weighted by Gasteiger charge is 2.26. The van der Waals surface area contributed by atoms with E-state index in [0.717, 1.165) is 5.56 Å². The molecule has 1 aromatic carbocycles. The van der Waals surface area contributed by atoms with E-state index in [4.69, 9.17) is 4.55 Å². The smallest absolute Gasteiger partial charge is 0.294 e. The van der Waals surface area contributed by atoms with Gasteiger partial charge in [-0.15, -0.1) is 0 Å². The molecule has 0 bridgehead atoms. The van der Waals surface area contributed by atoms with E-state index in [1.54, 1.807) is 19.1 Å². The van der Waals surface area contributed by atoms with Crippen LogP contribution in [0.3, 0.4) is 0 Å². The van der Waals surface area contributed by atoms with E-state index in [0.29, 0.717) is 0 Å². The van der Waals surface area contributed by atoms with E-state index in [1.807, 2.05) is 13.8 Å². The van der Waals surface area contributed by atoms with E-state index in [2.05, 4.69) is 0 Å². The Morgan fingerprint density at radius 2 is 1.62 bits per heavy atom. The van der Waals surface area contributed by atoms with E-state index in [-0.39, 0.29) is 4.90 Å². The molecule has 90 valence electrons. The molecule has 1 aromatic rings. The lowest BCUT2D eigenvalue weighted by atomic mass is 9.80. The van der Waals surface area contributed by atoms with Gasteiger partial charge in [0.1, 0.15) is 0 Å². The molecule has 0 heterocycles. The predicted molar refractivity (Wildman–Crippen MR) is 61.0 cm³/mol. The molecule has 16 heavy (non-hydrogen) atoms. The largest absolute Gasteiger partial charge is 0.393 e. The van der Waals surface area contributed by atoms with Crippen LogP contribution in [-0.2, 0) is 15.5 Å². The maximum atomic E-state index is 10.8. The minimum absolute atomic E-state index is 0.141. The Morgan fingerprint density at radius 3 is 1.94 bits per heavy atom. The predicted octanol–water partition coefficient (Wildman–Crippen LogP) is 1.59. The summed E-state index contributed by atoms with van der Waals surface area (Å²) in [5.74, 6) is 0. The van der Waals surface area contributed by atoms with Crippen LogP contribution in [0.25, 0.3) is 0 Å². The lowest BCUT2D eigenvalue weighted by Crippen LogP contribution is -2.30. The zero-order valence-corrected chi connectivity index (χ0v) is 10.3. The van der Waals surface area contributed by atoms with Crippen molar-refractivity contribution in [2.75, 3.05) is 0 Å². The summed E-state index contributed by atoms with van der Waals surface area (Å²) in [5.41, 5.74) is 0.354. The first-order valence-electron chi connectivity index (χ1n) is 4.92. The van der Waals surface area contributed by atoms with Gasteiger partial charge in [0.05, 0.1) is 11.0 Å². The summed E-state index contributed by atoms with van der Waals surface area (Å²) in [6.07, 6.45) is -0.552. The summed E-state index contributed by atoms with van der Waals surface area (Å²) in [5, 5.41) is 9.60. The van der Waals surface area contributed by atoms with Crippen molar-refractivity contribution in [1.82, 2.24) is 0 Å². The zero-order chi connectivity index (χ0) is 12.6. The second-order valence-corrected chi connectivity index (χ2v) is 5.82. The molecule has 5 heteroatoms. The van der Waals surface area contributed by atoms with Gasteiger partial charge in [-0.2, -0.15) is 8.42 Å². The van der Waals surface area contributed by atoms with E-state index >= 15 is 0 Å². The lowest BCUT2D eigenvalue weighted by molar-refractivity contribution is 0.118. The van der Waals surface area contributed by atoms with E-state index in [9.17, 15) is 13.5 Å². The summed E-state index contributed by atoms with van der Waals surface area (Å²) >= 11 is 0. The van der Waals surface area contributed by atoms with E-state index in [1.165, 1.54) is 12.1 Å². The molecule has 0 saturated heterocycles. The number of hydrogen-bond donors (Lipinski definition) is 2. The molecule has 0 spiro atoms. The maximum Gasteiger partial charge on any atom is 0.294 e. The van der Waals surface area contributed by atoms with Gasteiger partial charge in [0.15, 0.2) is 0 Å². The number of hydrogen-bond acceptors (Lipinski definition) is 3. The van der Waals surface area contributed by atoms with Gasteiger partial charge in [-0.05, 0) is 24.6 Å². The summed E-state index contributed by atoms with van der Waals surface area (Å²) in [6, 6.07) is 5.84. The normalized spacial score (nSPS) is 14.8. The number of aliphatic hydroxyl groups is 1. The van der Waals surface area contributed by atoms with Crippen LogP contribution in [0, 0.1) is 0 Å². The topological polar surface area (TPSA) is 74.6 Å². The molecule has 0 aliphatic heterocycles. The molecule has 0 aromatic heterocycles.